The lowest BCUT2D eigenvalue weighted by Gasteiger charge is -2.25. The van der Waals surface area contributed by atoms with Gasteiger partial charge in [0.1, 0.15) is 11.6 Å². The summed E-state index contributed by atoms with van der Waals surface area (Å²) in [5, 5.41) is 15.0. The lowest BCUT2D eigenvalue weighted by Crippen LogP contribution is -2.35. The van der Waals surface area contributed by atoms with E-state index in [1.54, 1.807) is 18.2 Å². The standard InChI is InChI=1S/C28H28F2N2O/c1-17-5-7-19(8-6-17)26(33)4-2-3-21-15-25-23(16-31-21)27-22(13-14-24(30)28(27)32-25)18-9-11-20(29)12-10-18/h5-14,21,26,31-33H,2-4,15-16H2,1H3. The molecule has 2 heterocycles. The molecule has 3 aromatic carbocycles. The Kier molecular flexibility index (Phi) is 6.00. The van der Waals surface area contributed by atoms with Crippen molar-refractivity contribution in [2.75, 3.05) is 0 Å². The fourth-order valence-electron chi connectivity index (χ4n) is 4.91. The number of H-pyrrole nitrogens is 1. The summed E-state index contributed by atoms with van der Waals surface area (Å²) in [4.78, 5) is 3.33. The van der Waals surface area contributed by atoms with E-state index in [1.165, 1.54) is 23.8 Å². The van der Waals surface area contributed by atoms with Crippen molar-refractivity contribution in [2.45, 2.75) is 51.3 Å². The highest BCUT2D eigenvalue weighted by Crippen LogP contribution is 2.36. The van der Waals surface area contributed by atoms with Crippen LogP contribution in [0.15, 0.2) is 60.7 Å². The molecule has 0 saturated heterocycles. The van der Waals surface area contributed by atoms with Crippen LogP contribution in [0.5, 0.6) is 0 Å². The van der Waals surface area contributed by atoms with Crippen LogP contribution >= 0.6 is 0 Å². The van der Waals surface area contributed by atoms with E-state index in [-0.39, 0.29) is 17.7 Å². The van der Waals surface area contributed by atoms with Gasteiger partial charge in [0.25, 0.3) is 0 Å². The van der Waals surface area contributed by atoms with Crippen molar-refractivity contribution >= 4 is 10.9 Å². The largest absolute Gasteiger partial charge is 0.388 e. The second-order valence-corrected chi connectivity index (χ2v) is 9.07. The first-order chi connectivity index (χ1) is 16.0. The Morgan fingerprint density at radius 1 is 1.00 bits per heavy atom. The van der Waals surface area contributed by atoms with Crippen LogP contribution in [0.2, 0.25) is 0 Å². The van der Waals surface area contributed by atoms with Crippen molar-refractivity contribution in [3.8, 4) is 11.1 Å². The Bertz CT molecular complexity index is 1260. The van der Waals surface area contributed by atoms with Crippen molar-refractivity contribution < 1.29 is 13.9 Å². The zero-order valence-corrected chi connectivity index (χ0v) is 18.7. The molecule has 1 aromatic heterocycles. The van der Waals surface area contributed by atoms with Gasteiger partial charge in [-0.2, -0.15) is 0 Å². The second kappa shape index (κ2) is 9.08. The monoisotopic (exact) mass is 446 g/mol. The predicted molar refractivity (Wildman–Crippen MR) is 128 cm³/mol. The molecule has 0 amide bonds. The van der Waals surface area contributed by atoms with E-state index in [9.17, 15) is 13.9 Å². The van der Waals surface area contributed by atoms with Crippen LogP contribution in [0.1, 0.15) is 47.8 Å². The van der Waals surface area contributed by atoms with Crippen LogP contribution in [-0.4, -0.2) is 16.1 Å². The van der Waals surface area contributed by atoms with E-state index in [0.717, 1.165) is 52.6 Å². The van der Waals surface area contributed by atoms with Gasteiger partial charge >= 0.3 is 0 Å². The molecule has 2 atom stereocenters. The molecule has 0 bridgehead atoms. The smallest absolute Gasteiger partial charge is 0.147 e. The molecule has 0 aliphatic carbocycles. The molecule has 0 radical (unpaired) electrons. The number of aromatic amines is 1. The van der Waals surface area contributed by atoms with Gasteiger partial charge in [-0.15, -0.1) is 0 Å². The number of rotatable bonds is 6. The highest BCUT2D eigenvalue weighted by atomic mass is 19.1. The maximum Gasteiger partial charge on any atom is 0.147 e. The average Bonchev–Trinajstić information content (AvgIpc) is 3.20. The Labute approximate surface area is 192 Å². The number of benzene rings is 3. The Morgan fingerprint density at radius 2 is 1.76 bits per heavy atom. The summed E-state index contributed by atoms with van der Waals surface area (Å²) in [6.07, 6.45) is 2.88. The molecule has 5 rings (SSSR count). The van der Waals surface area contributed by atoms with Gasteiger partial charge in [0.05, 0.1) is 11.6 Å². The van der Waals surface area contributed by atoms with Crippen molar-refractivity contribution in [3.05, 3.63) is 94.7 Å². The molecule has 0 fully saturated rings. The Balaban J connectivity index is 1.31. The third-order valence-corrected chi connectivity index (χ3v) is 6.76. The SMILES string of the molecule is Cc1ccc(C(O)CCCC2Cc3[nH]c4c(F)ccc(-c5ccc(F)cc5)c4c3CN2)cc1. The number of aryl methyl sites for hydroxylation is 1. The van der Waals surface area contributed by atoms with Gasteiger partial charge in [-0.25, -0.2) is 8.78 Å². The molecular weight excluding hydrogens is 418 g/mol. The molecule has 3 nitrogen and oxygen atoms in total. The lowest BCUT2D eigenvalue weighted by molar-refractivity contribution is 0.161. The molecule has 2 unspecified atom stereocenters. The fraction of sp³-hybridized carbons (Fsp3) is 0.286. The average molecular weight is 447 g/mol. The van der Waals surface area contributed by atoms with Crippen molar-refractivity contribution in [1.82, 2.24) is 10.3 Å². The number of aromatic nitrogens is 1. The molecule has 33 heavy (non-hydrogen) atoms. The van der Waals surface area contributed by atoms with Crippen molar-refractivity contribution in [3.63, 3.8) is 0 Å². The van der Waals surface area contributed by atoms with Gasteiger partial charge in [-0.1, -0.05) is 48.0 Å². The van der Waals surface area contributed by atoms with E-state index in [4.69, 9.17) is 0 Å². The zero-order chi connectivity index (χ0) is 22.9. The van der Waals surface area contributed by atoms with Crippen molar-refractivity contribution in [1.29, 1.82) is 0 Å². The van der Waals surface area contributed by atoms with Crippen LogP contribution in [0.3, 0.4) is 0 Å². The second-order valence-electron chi connectivity index (χ2n) is 9.07. The quantitative estimate of drug-likeness (QED) is 0.324. The number of halogens is 2. The minimum absolute atomic E-state index is 0.271. The summed E-state index contributed by atoms with van der Waals surface area (Å²) >= 11 is 0. The van der Waals surface area contributed by atoms with Crippen LogP contribution in [0.25, 0.3) is 22.0 Å². The lowest BCUT2D eigenvalue weighted by atomic mass is 9.93. The summed E-state index contributed by atoms with van der Waals surface area (Å²) in [7, 11) is 0. The highest BCUT2D eigenvalue weighted by molar-refractivity contribution is 5.99. The van der Waals surface area contributed by atoms with E-state index in [1.807, 2.05) is 31.2 Å². The molecule has 1 aliphatic rings. The number of fused-ring (bicyclic) bond motifs is 3. The van der Waals surface area contributed by atoms with Crippen LogP contribution < -0.4 is 5.32 Å². The number of nitrogens with one attached hydrogen (secondary N) is 2. The minimum Gasteiger partial charge on any atom is -0.388 e. The molecule has 3 N–H and O–H groups in total. The first-order valence-corrected chi connectivity index (χ1v) is 11.6. The first kappa shape index (κ1) is 21.8. The highest BCUT2D eigenvalue weighted by Gasteiger charge is 2.25. The number of aliphatic hydroxyl groups excluding tert-OH is 1. The van der Waals surface area contributed by atoms with Gasteiger partial charge in [0.15, 0.2) is 0 Å². The fourth-order valence-corrected chi connectivity index (χ4v) is 4.91. The predicted octanol–water partition coefficient (Wildman–Crippen LogP) is 6.34. The maximum atomic E-state index is 14.7. The molecular formula is C28H28F2N2O. The molecule has 0 saturated carbocycles. The summed E-state index contributed by atoms with van der Waals surface area (Å²) in [5.41, 5.74) is 6.57. The summed E-state index contributed by atoms with van der Waals surface area (Å²) in [5.74, 6) is -0.562. The normalized spacial score (nSPS) is 16.7. The van der Waals surface area contributed by atoms with Crippen LogP contribution in [0.4, 0.5) is 8.78 Å². The summed E-state index contributed by atoms with van der Waals surface area (Å²) < 4.78 is 28.1. The van der Waals surface area contributed by atoms with E-state index < -0.39 is 6.10 Å². The summed E-state index contributed by atoms with van der Waals surface area (Å²) in [6, 6.07) is 17.9. The van der Waals surface area contributed by atoms with Gasteiger partial charge < -0.3 is 15.4 Å². The third kappa shape index (κ3) is 4.43. The van der Waals surface area contributed by atoms with Gasteiger partial charge in [0, 0.05) is 30.1 Å². The minimum atomic E-state index is -0.454. The first-order valence-electron chi connectivity index (χ1n) is 11.6. The maximum absolute atomic E-state index is 14.7. The number of hydrogen-bond acceptors (Lipinski definition) is 2. The van der Waals surface area contributed by atoms with Crippen molar-refractivity contribution in [2.24, 2.45) is 0 Å². The zero-order valence-electron chi connectivity index (χ0n) is 18.7. The van der Waals surface area contributed by atoms with Crippen LogP contribution in [0, 0.1) is 18.6 Å². The number of hydrogen-bond donors (Lipinski definition) is 3. The molecule has 170 valence electrons. The molecule has 5 heteroatoms. The Hall–Kier alpha value is -3.02. The van der Waals surface area contributed by atoms with E-state index >= 15 is 0 Å². The number of aliphatic hydroxyl groups is 1. The molecule has 4 aromatic rings. The van der Waals surface area contributed by atoms with Gasteiger partial charge in [-0.05, 0) is 66.6 Å². The summed E-state index contributed by atoms with van der Waals surface area (Å²) in [6.45, 7) is 2.69. The molecule has 1 aliphatic heterocycles. The van der Waals surface area contributed by atoms with Gasteiger partial charge in [-0.3, -0.25) is 0 Å². The van der Waals surface area contributed by atoms with Gasteiger partial charge in [0.2, 0.25) is 0 Å². The Morgan fingerprint density at radius 3 is 2.52 bits per heavy atom. The van der Waals surface area contributed by atoms with Crippen LogP contribution in [-0.2, 0) is 13.0 Å². The van der Waals surface area contributed by atoms with E-state index in [0.29, 0.717) is 18.5 Å². The third-order valence-electron chi connectivity index (χ3n) is 6.76. The molecule has 0 spiro atoms. The van der Waals surface area contributed by atoms with E-state index in [2.05, 4.69) is 10.3 Å². The topological polar surface area (TPSA) is 48.0 Å².